The first-order valence-corrected chi connectivity index (χ1v) is 42.8. The third kappa shape index (κ3) is 23.3. The summed E-state index contributed by atoms with van der Waals surface area (Å²) in [5, 5.41) is 0. The molecule has 6 aliphatic rings. The molecule has 76 heavy (non-hydrogen) atoms. The summed E-state index contributed by atoms with van der Waals surface area (Å²) < 4.78 is 17.5. The Balaban J connectivity index is 0.000000206. The number of aryl methyl sites for hydroxylation is 1. The number of aromatic nitrogens is 1. The first-order chi connectivity index (χ1) is 36.0. The van der Waals surface area contributed by atoms with Crippen LogP contribution in [0.15, 0.2) is 88.9 Å². The van der Waals surface area contributed by atoms with E-state index in [2.05, 4.69) is 86.7 Å². The summed E-state index contributed by atoms with van der Waals surface area (Å²) in [6.07, 6.45) is 38.6. The maximum absolute atomic E-state index is 5.82. The van der Waals surface area contributed by atoms with E-state index in [0.717, 1.165) is 34.5 Å². The van der Waals surface area contributed by atoms with Gasteiger partial charge in [-0.1, -0.05) is 62.7 Å². The number of ether oxygens (including phenoxy) is 2. The van der Waals surface area contributed by atoms with Crippen LogP contribution in [0.5, 0.6) is 11.5 Å². The molecule has 3 fully saturated rings. The fraction of sp³-hybridized carbons (Fsp3) is 0.613. The zero-order valence-electron chi connectivity index (χ0n) is 47.5. The number of nitrogens with zero attached hydrogens (tertiary/aromatic N) is 2. The van der Waals surface area contributed by atoms with Gasteiger partial charge in [0.2, 0.25) is 5.51 Å². The zero-order valence-corrected chi connectivity index (χ0v) is 57.4. The molecule has 1 aliphatic heterocycles. The van der Waals surface area contributed by atoms with Gasteiger partial charge in [-0.25, -0.2) is 0 Å². The van der Waals surface area contributed by atoms with Crippen LogP contribution in [-0.2, 0) is 27.0 Å². The fourth-order valence-electron chi connectivity index (χ4n) is 11.5. The predicted molar refractivity (Wildman–Crippen MR) is 331 cm³/mol. The number of para-hydroxylation sites is 2. The SMILES string of the molecule is C1CCC([PH+](C2CCCCC2)C2CCCCC2)CC1.CC(C)Oc1ccccc1[CH]=[Ru]([Cl])[Cl].CC(C)Oc1ccccc1[CH]=[Ru]([Cl])[Cl].CC1=C(C)N([C@H]2C=CCC[C@H]2C)[CH-]S1.Cc1sc[n+]([C@H]2C=CCC[C@H]2C)c1C.[Cl-]. The van der Waals surface area contributed by atoms with Crippen molar-refractivity contribution in [1.29, 1.82) is 0 Å². The molecule has 432 valence electrons. The molecule has 0 bridgehead atoms. The molecule has 0 amide bonds. The smallest absolute Gasteiger partial charge is 0.225 e. The number of thiazole rings is 1. The van der Waals surface area contributed by atoms with Gasteiger partial charge in [-0.2, -0.15) is 10.4 Å². The van der Waals surface area contributed by atoms with Gasteiger partial charge in [0.1, 0.15) is 0 Å². The molecule has 0 unspecified atom stereocenters. The van der Waals surface area contributed by atoms with Crippen LogP contribution < -0.4 is 26.4 Å². The van der Waals surface area contributed by atoms with Gasteiger partial charge in [-0.15, -0.1) is 0 Å². The topological polar surface area (TPSA) is 25.6 Å². The Morgan fingerprint density at radius 2 is 1.07 bits per heavy atom. The van der Waals surface area contributed by atoms with Gasteiger partial charge >= 0.3 is 196 Å². The summed E-state index contributed by atoms with van der Waals surface area (Å²) >= 11 is 0.171. The van der Waals surface area contributed by atoms with Crippen molar-refractivity contribution >= 4 is 79.0 Å². The van der Waals surface area contributed by atoms with Crippen molar-refractivity contribution in [2.24, 2.45) is 11.8 Å². The second-order valence-corrected chi connectivity index (χ2v) is 39.0. The van der Waals surface area contributed by atoms with Crippen molar-refractivity contribution in [3.63, 3.8) is 0 Å². The fourth-order valence-corrected chi connectivity index (χ4v) is 22.1. The minimum absolute atomic E-state index is 0. The molecular weight excluding hydrogens is 1280 g/mol. The Hall–Kier alpha value is -0.0932. The summed E-state index contributed by atoms with van der Waals surface area (Å²) in [5.41, 5.74) is 10.8. The summed E-state index contributed by atoms with van der Waals surface area (Å²) in [6, 6.07) is 16.7. The third-order valence-electron chi connectivity index (χ3n) is 15.7. The molecule has 1 aromatic heterocycles. The van der Waals surface area contributed by atoms with E-state index in [4.69, 9.17) is 48.2 Å². The van der Waals surface area contributed by atoms with E-state index in [1.807, 2.05) is 109 Å². The Kier molecular flexibility index (Phi) is 33.5. The zero-order chi connectivity index (χ0) is 54.3. The average Bonchev–Trinajstić information content (AvgIpc) is 3.91. The molecule has 5 aliphatic carbocycles. The van der Waals surface area contributed by atoms with Crippen molar-refractivity contribution in [2.75, 3.05) is 0 Å². The maximum Gasteiger partial charge on any atom is 0.225 e. The van der Waals surface area contributed by atoms with Crippen LogP contribution in [0.2, 0.25) is 0 Å². The molecule has 4 nitrogen and oxygen atoms in total. The molecule has 14 heteroatoms. The largest absolute Gasteiger partial charge is 1.00 e. The Morgan fingerprint density at radius 1 is 0.632 bits per heavy atom. The van der Waals surface area contributed by atoms with Crippen molar-refractivity contribution in [3.05, 3.63) is 117 Å². The van der Waals surface area contributed by atoms with Crippen LogP contribution in [0.25, 0.3) is 0 Å². The Bertz CT molecular complexity index is 2190. The van der Waals surface area contributed by atoms with Gasteiger partial charge < -0.3 is 17.3 Å². The van der Waals surface area contributed by atoms with E-state index in [1.54, 1.807) is 96.3 Å². The summed E-state index contributed by atoms with van der Waals surface area (Å²) in [6.45, 7) is 21.5. The first kappa shape index (κ1) is 68.4. The van der Waals surface area contributed by atoms with Gasteiger partial charge in [-0.05, 0) is 146 Å². The van der Waals surface area contributed by atoms with Gasteiger partial charge in [0, 0.05) is 26.8 Å². The van der Waals surface area contributed by atoms with Crippen LogP contribution in [0.3, 0.4) is 0 Å². The molecule has 0 saturated heterocycles. The predicted octanol–water partition coefficient (Wildman–Crippen LogP) is 17.2. The summed E-state index contributed by atoms with van der Waals surface area (Å²) in [7, 11) is 23.2. The van der Waals surface area contributed by atoms with E-state index in [1.165, 1.54) is 63.8 Å². The molecule has 0 N–H and O–H groups in total. The monoisotopic (exact) mass is 1370 g/mol. The van der Waals surface area contributed by atoms with E-state index < -0.39 is 27.0 Å². The van der Waals surface area contributed by atoms with Crippen LogP contribution in [0.4, 0.5) is 0 Å². The van der Waals surface area contributed by atoms with Gasteiger partial charge in [0.25, 0.3) is 0 Å². The second-order valence-electron chi connectivity index (χ2n) is 22.0. The molecule has 4 atom stereocenters. The third-order valence-corrected chi connectivity index (χ3v) is 25.9. The molecule has 0 spiro atoms. The number of hydrogen-bond acceptors (Lipinski definition) is 5. The van der Waals surface area contributed by atoms with E-state index in [0.29, 0.717) is 12.1 Å². The van der Waals surface area contributed by atoms with Crippen LogP contribution in [-0.4, -0.2) is 49.3 Å². The normalized spacial score (nSPS) is 22.4. The average molecular weight is 1370 g/mol. The van der Waals surface area contributed by atoms with Crippen molar-refractivity contribution in [3.8, 4) is 11.5 Å². The van der Waals surface area contributed by atoms with E-state index in [-0.39, 0.29) is 32.5 Å². The Morgan fingerprint density at radius 3 is 1.43 bits per heavy atom. The van der Waals surface area contributed by atoms with Gasteiger partial charge in [-0.3, -0.25) is 11.8 Å². The molecular formula is C62H94Cl5N2O2PRu2S2. The minimum Gasteiger partial charge on any atom is -1.00 e. The molecule has 0 radical (unpaired) electrons. The molecule has 9 rings (SSSR count). The summed E-state index contributed by atoms with van der Waals surface area (Å²) in [4.78, 5) is 5.31. The molecule has 2 heterocycles. The summed E-state index contributed by atoms with van der Waals surface area (Å²) in [5.74, 6) is 5.52. The first-order valence-electron chi connectivity index (χ1n) is 28.3. The van der Waals surface area contributed by atoms with Crippen molar-refractivity contribution in [2.45, 2.75) is 233 Å². The van der Waals surface area contributed by atoms with Gasteiger partial charge in [0.05, 0.1) is 21.9 Å². The number of allylic oxidation sites excluding steroid dienone is 5. The van der Waals surface area contributed by atoms with Crippen molar-refractivity contribution in [1.82, 2.24) is 4.90 Å². The standard InChI is InChI=1S/C18H33P.2C12H18NS.2C10H12O.5ClH.2Ru/c1-4-10-16(11-5-1)19(17-12-6-2-7-13-17)18-14-8-3-9-15-18;2*1-9-6-4-5-7-12(9)13-8-14-11(3)10(13)2;2*1-8(2)11-10-7-5-4-6-9(10)3;;;;;;;/h16-18H,1-15H2;2*5,7-9,12H,4,6H2,1-3H3;2*3-8H,1-2H3;5*1H;;/q;-1;+1;;;;;;;;2*+2/p-4/t;2*9-,12+;;;;;;;;;/m.11........./s1. The quantitative estimate of drug-likeness (QED) is 0.0628. The van der Waals surface area contributed by atoms with Gasteiger partial charge in [0.15, 0.2) is 11.7 Å². The molecule has 3 aromatic rings. The van der Waals surface area contributed by atoms with E-state index >= 15 is 0 Å². The van der Waals surface area contributed by atoms with E-state index in [9.17, 15) is 0 Å². The minimum atomic E-state index is -1.77. The number of rotatable bonds is 11. The number of halogens is 5. The second kappa shape index (κ2) is 37.2. The van der Waals surface area contributed by atoms with Crippen molar-refractivity contribution < 1.29 is 53.5 Å². The number of hydrogen-bond donors (Lipinski definition) is 0. The number of thioether (sulfide) groups is 1. The molecule has 3 saturated carbocycles. The van der Waals surface area contributed by atoms with Crippen LogP contribution in [0.1, 0.15) is 205 Å². The maximum atomic E-state index is 5.82. The number of benzene rings is 2. The van der Waals surface area contributed by atoms with Crippen LogP contribution in [0, 0.1) is 31.6 Å². The molecule has 2 aromatic carbocycles. The van der Waals surface area contributed by atoms with Crippen LogP contribution >= 0.6 is 69.8 Å². The Labute approximate surface area is 504 Å².